The van der Waals surface area contributed by atoms with Crippen LogP contribution >= 0.6 is 11.3 Å². The van der Waals surface area contributed by atoms with Crippen molar-refractivity contribution in [2.24, 2.45) is 0 Å². The first kappa shape index (κ1) is 17.6. The molecule has 25 heavy (non-hydrogen) atoms. The molecule has 9 heteroatoms. The van der Waals surface area contributed by atoms with Gasteiger partial charge >= 0.3 is 0 Å². The summed E-state index contributed by atoms with van der Waals surface area (Å²) in [5.41, 5.74) is 0.730. The van der Waals surface area contributed by atoms with Crippen LogP contribution in [0.2, 0.25) is 0 Å². The maximum Gasteiger partial charge on any atom is 0.250 e. The normalized spacial score (nSPS) is 11.6. The largest absolute Gasteiger partial charge is 0.497 e. The van der Waals surface area contributed by atoms with E-state index in [4.69, 9.17) is 9.15 Å². The maximum absolute atomic E-state index is 12.3. The van der Waals surface area contributed by atoms with Crippen molar-refractivity contribution in [3.8, 4) is 17.2 Å². The number of rotatable bonds is 7. The molecule has 2 aromatic heterocycles. The fourth-order valence-corrected chi connectivity index (χ4v) is 4.41. The summed E-state index contributed by atoms with van der Waals surface area (Å²) in [4.78, 5) is 1.01. The van der Waals surface area contributed by atoms with Crippen LogP contribution in [0.1, 0.15) is 17.7 Å². The van der Waals surface area contributed by atoms with Gasteiger partial charge in [0.1, 0.15) is 9.96 Å². The molecule has 0 unspecified atom stereocenters. The van der Waals surface area contributed by atoms with E-state index in [1.807, 2.05) is 13.0 Å². The SMILES string of the molecule is CCc1ccc(S(=O)(=O)NCc2nnc(-c3ccc(OC)cc3)o2)s1. The quantitative estimate of drug-likeness (QED) is 0.678. The lowest BCUT2D eigenvalue weighted by atomic mass is 10.2. The van der Waals surface area contributed by atoms with Crippen LogP contribution in [-0.2, 0) is 23.0 Å². The third kappa shape index (κ3) is 4.06. The van der Waals surface area contributed by atoms with Crippen LogP contribution < -0.4 is 9.46 Å². The lowest BCUT2D eigenvalue weighted by Crippen LogP contribution is -2.22. The van der Waals surface area contributed by atoms with E-state index in [0.717, 1.165) is 22.6 Å². The maximum atomic E-state index is 12.3. The van der Waals surface area contributed by atoms with Crippen molar-refractivity contribution in [2.45, 2.75) is 24.1 Å². The third-order valence-corrected chi connectivity index (χ3v) is 6.59. The second-order valence-corrected chi connectivity index (χ2v) is 8.29. The number of hydrogen-bond acceptors (Lipinski definition) is 7. The molecule has 0 fully saturated rings. The molecule has 132 valence electrons. The van der Waals surface area contributed by atoms with Crippen LogP contribution in [-0.4, -0.2) is 25.7 Å². The number of hydrogen-bond donors (Lipinski definition) is 1. The number of nitrogens with zero attached hydrogens (tertiary/aromatic N) is 2. The van der Waals surface area contributed by atoms with E-state index in [1.54, 1.807) is 37.4 Å². The highest BCUT2D eigenvalue weighted by atomic mass is 32.2. The molecule has 0 spiro atoms. The monoisotopic (exact) mass is 379 g/mol. The number of aryl methyl sites for hydroxylation is 1. The van der Waals surface area contributed by atoms with Gasteiger partial charge in [0, 0.05) is 10.4 Å². The van der Waals surface area contributed by atoms with E-state index in [9.17, 15) is 8.42 Å². The lowest BCUT2D eigenvalue weighted by molar-refractivity contribution is 0.415. The zero-order chi connectivity index (χ0) is 17.9. The van der Waals surface area contributed by atoms with Gasteiger partial charge in [-0.2, -0.15) is 0 Å². The van der Waals surface area contributed by atoms with E-state index in [2.05, 4.69) is 14.9 Å². The molecule has 0 saturated heterocycles. The van der Waals surface area contributed by atoms with E-state index >= 15 is 0 Å². The van der Waals surface area contributed by atoms with Crippen molar-refractivity contribution in [3.05, 3.63) is 47.2 Å². The van der Waals surface area contributed by atoms with Gasteiger partial charge in [-0.1, -0.05) is 6.92 Å². The van der Waals surface area contributed by atoms with Gasteiger partial charge < -0.3 is 9.15 Å². The summed E-state index contributed by atoms with van der Waals surface area (Å²) in [7, 11) is -2.00. The van der Waals surface area contributed by atoms with Crippen molar-refractivity contribution in [3.63, 3.8) is 0 Å². The first-order chi connectivity index (χ1) is 12.0. The Morgan fingerprint density at radius 3 is 2.56 bits per heavy atom. The summed E-state index contributed by atoms with van der Waals surface area (Å²) < 4.78 is 37.9. The molecule has 1 aromatic carbocycles. The van der Waals surface area contributed by atoms with Gasteiger partial charge in [-0.3, -0.25) is 0 Å². The molecule has 7 nitrogen and oxygen atoms in total. The van der Waals surface area contributed by atoms with Crippen molar-refractivity contribution in [1.29, 1.82) is 0 Å². The zero-order valence-electron chi connectivity index (χ0n) is 13.7. The van der Waals surface area contributed by atoms with E-state index in [-0.39, 0.29) is 16.6 Å². The predicted octanol–water partition coefficient (Wildman–Crippen LogP) is 2.85. The number of nitrogens with one attached hydrogen (secondary N) is 1. The van der Waals surface area contributed by atoms with Crippen molar-refractivity contribution in [1.82, 2.24) is 14.9 Å². The highest BCUT2D eigenvalue weighted by molar-refractivity contribution is 7.91. The van der Waals surface area contributed by atoms with E-state index in [1.165, 1.54) is 11.3 Å². The molecule has 3 rings (SSSR count). The summed E-state index contributed by atoms with van der Waals surface area (Å²) in [5, 5.41) is 7.82. The molecule has 0 bridgehead atoms. The molecule has 0 radical (unpaired) electrons. The van der Waals surface area contributed by atoms with Gasteiger partial charge in [0.25, 0.3) is 10.0 Å². The predicted molar refractivity (Wildman–Crippen MR) is 94.0 cm³/mol. The Hall–Kier alpha value is -2.23. The van der Waals surface area contributed by atoms with E-state index < -0.39 is 10.0 Å². The summed E-state index contributed by atoms with van der Waals surface area (Å²) in [6.45, 7) is 1.92. The topological polar surface area (TPSA) is 94.3 Å². The Labute approximate surface area is 149 Å². The standard InChI is InChI=1S/C16H17N3O4S2/c1-3-13-8-9-15(24-13)25(20,21)17-10-14-18-19-16(23-14)11-4-6-12(22-2)7-5-11/h4-9,17H,3,10H2,1-2H3. The van der Waals surface area contributed by atoms with Gasteiger partial charge in [0.05, 0.1) is 13.7 Å². The summed E-state index contributed by atoms with van der Waals surface area (Å²) in [6.07, 6.45) is 0.801. The zero-order valence-corrected chi connectivity index (χ0v) is 15.4. The van der Waals surface area contributed by atoms with Crippen LogP contribution in [0.15, 0.2) is 45.0 Å². The lowest BCUT2D eigenvalue weighted by Gasteiger charge is -2.01. The molecule has 0 aliphatic carbocycles. The number of benzene rings is 1. The second kappa shape index (κ2) is 7.34. The van der Waals surface area contributed by atoms with Crippen LogP contribution in [0.3, 0.4) is 0 Å². The Balaban J connectivity index is 1.68. The molecule has 3 aromatic rings. The van der Waals surface area contributed by atoms with Crippen molar-refractivity contribution < 1.29 is 17.6 Å². The first-order valence-electron chi connectivity index (χ1n) is 7.57. The molecule has 0 saturated carbocycles. The van der Waals surface area contributed by atoms with E-state index in [0.29, 0.717) is 5.89 Å². The van der Waals surface area contributed by atoms with Crippen molar-refractivity contribution in [2.75, 3.05) is 7.11 Å². The highest BCUT2D eigenvalue weighted by Gasteiger charge is 2.18. The number of methoxy groups -OCH3 is 1. The Bertz CT molecular complexity index is 946. The molecule has 2 heterocycles. The average molecular weight is 379 g/mol. The first-order valence-corrected chi connectivity index (χ1v) is 9.87. The molecule has 0 aliphatic rings. The fourth-order valence-electron chi connectivity index (χ4n) is 2.10. The van der Waals surface area contributed by atoms with Gasteiger partial charge in [-0.25, -0.2) is 13.1 Å². The van der Waals surface area contributed by atoms with Crippen LogP contribution in [0.25, 0.3) is 11.5 Å². The minimum atomic E-state index is -3.59. The summed E-state index contributed by atoms with van der Waals surface area (Å²) in [6, 6.07) is 10.6. The van der Waals surface area contributed by atoms with Gasteiger partial charge in [0.2, 0.25) is 11.8 Å². The number of ether oxygens (including phenoxy) is 1. The van der Waals surface area contributed by atoms with Crippen LogP contribution in [0.4, 0.5) is 0 Å². The van der Waals surface area contributed by atoms with Gasteiger partial charge in [0.15, 0.2) is 0 Å². The summed E-state index contributed by atoms with van der Waals surface area (Å²) in [5.74, 6) is 1.24. The number of thiophene rings is 1. The number of sulfonamides is 1. The minimum Gasteiger partial charge on any atom is -0.497 e. The fraction of sp³-hybridized carbons (Fsp3) is 0.250. The van der Waals surface area contributed by atoms with Gasteiger partial charge in [-0.15, -0.1) is 21.5 Å². The average Bonchev–Trinajstić information content (AvgIpc) is 3.30. The summed E-state index contributed by atoms with van der Waals surface area (Å²) >= 11 is 1.25. The Morgan fingerprint density at radius 1 is 1.16 bits per heavy atom. The molecular weight excluding hydrogens is 362 g/mol. The molecule has 0 aliphatic heterocycles. The molecule has 0 amide bonds. The minimum absolute atomic E-state index is 0.0646. The number of aromatic nitrogens is 2. The smallest absolute Gasteiger partial charge is 0.250 e. The molecule has 0 atom stereocenters. The third-order valence-electron chi connectivity index (χ3n) is 3.47. The van der Waals surface area contributed by atoms with Crippen LogP contribution in [0, 0.1) is 0 Å². The van der Waals surface area contributed by atoms with Gasteiger partial charge in [-0.05, 0) is 42.8 Å². The second-order valence-electron chi connectivity index (χ2n) is 5.13. The Kier molecular flexibility index (Phi) is 5.16. The highest BCUT2D eigenvalue weighted by Crippen LogP contribution is 2.23. The molecular formula is C16H17N3O4S2. The van der Waals surface area contributed by atoms with Crippen molar-refractivity contribution >= 4 is 21.4 Å². The Morgan fingerprint density at radius 2 is 1.92 bits per heavy atom. The molecule has 1 N–H and O–H groups in total. The van der Waals surface area contributed by atoms with Crippen LogP contribution in [0.5, 0.6) is 5.75 Å².